The van der Waals surface area contributed by atoms with Crippen LogP contribution in [0.4, 0.5) is 0 Å². The fraction of sp³-hybridized carbons (Fsp3) is 0.417. The van der Waals surface area contributed by atoms with Crippen LogP contribution in [0.3, 0.4) is 0 Å². The number of hydrogen-bond donors (Lipinski definition) is 1. The highest BCUT2D eigenvalue weighted by Gasteiger charge is 2.22. The molecule has 2 aliphatic rings. The van der Waals surface area contributed by atoms with Crippen LogP contribution in [0.15, 0.2) is 54.6 Å². The molecule has 2 fully saturated rings. The van der Waals surface area contributed by atoms with Crippen molar-refractivity contribution in [2.75, 3.05) is 26.2 Å². The maximum atomic E-state index is 12.9. The summed E-state index contributed by atoms with van der Waals surface area (Å²) < 4.78 is 0. The van der Waals surface area contributed by atoms with Crippen molar-refractivity contribution in [3.8, 4) is 0 Å². The molecular formula is C24H29N3O2. The Morgan fingerprint density at radius 3 is 2.31 bits per heavy atom. The highest BCUT2D eigenvalue weighted by molar-refractivity contribution is 5.94. The fourth-order valence-electron chi connectivity index (χ4n) is 4.24. The first-order valence-electron chi connectivity index (χ1n) is 10.6. The molecule has 2 aromatic carbocycles. The van der Waals surface area contributed by atoms with E-state index in [9.17, 15) is 9.59 Å². The molecule has 2 heterocycles. The van der Waals surface area contributed by atoms with E-state index in [2.05, 4.69) is 22.3 Å². The third kappa shape index (κ3) is 5.04. The summed E-state index contributed by atoms with van der Waals surface area (Å²) in [5, 5.41) is 3.23. The SMILES string of the molecule is O=C(NC(CN1CCCC1)c1ccccc1)c1ccc(CN2CCCC2=O)cc1. The second kappa shape index (κ2) is 9.23. The highest BCUT2D eigenvalue weighted by atomic mass is 16.2. The van der Waals surface area contributed by atoms with Crippen LogP contribution in [0, 0.1) is 0 Å². The van der Waals surface area contributed by atoms with E-state index < -0.39 is 0 Å². The Labute approximate surface area is 172 Å². The van der Waals surface area contributed by atoms with E-state index in [0.717, 1.165) is 43.7 Å². The molecule has 0 aromatic heterocycles. The lowest BCUT2D eigenvalue weighted by Gasteiger charge is -2.25. The summed E-state index contributed by atoms with van der Waals surface area (Å²) in [7, 11) is 0. The Morgan fingerprint density at radius 1 is 0.931 bits per heavy atom. The molecule has 5 nitrogen and oxygen atoms in total. The molecule has 5 heteroatoms. The van der Waals surface area contributed by atoms with E-state index in [0.29, 0.717) is 18.5 Å². The lowest BCUT2D eigenvalue weighted by Crippen LogP contribution is -2.37. The first-order chi connectivity index (χ1) is 14.2. The molecule has 29 heavy (non-hydrogen) atoms. The van der Waals surface area contributed by atoms with Crippen LogP contribution in [0.2, 0.25) is 0 Å². The summed E-state index contributed by atoms with van der Waals surface area (Å²) >= 11 is 0. The van der Waals surface area contributed by atoms with Gasteiger partial charge >= 0.3 is 0 Å². The maximum Gasteiger partial charge on any atom is 0.251 e. The van der Waals surface area contributed by atoms with Gasteiger partial charge in [-0.15, -0.1) is 0 Å². The third-order valence-corrected chi connectivity index (χ3v) is 5.91. The summed E-state index contributed by atoms with van der Waals surface area (Å²) in [4.78, 5) is 29.0. The van der Waals surface area contributed by atoms with Crippen molar-refractivity contribution < 1.29 is 9.59 Å². The van der Waals surface area contributed by atoms with Crippen LogP contribution in [-0.2, 0) is 11.3 Å². The van der Waals surface area contributed by atoms with Crippen molar-refractivity contribution in [1.29, 1.82) is 0 Å². The number of likely N-dealkylation sites (tertiary alicyclic amines) is 2. The topological polar surface area (TPSA) is 52.7 Å². The number of hydrogen-bond acceptors (Lipinski definition) is 3. The monoisotopic (exact) mass is 391 g/mol. The van der Waals surface area contributed by atoms with Crippen molar-refractivity contribution in [1.82, 2.24) is 15.1 Å². The molecule has 0 saturated carbocycles. The summed E-state index contributed by atoms with van der Waals surface area (Å²) in [5.41, 5.74) is 2.86. The Balaban J connectivity index is 1.41. The lowest BCUT2D eigenvalue weighted by molar-refractivity contribution is -0.128. The second-order valence-electron chi connectivity index (χ2n) is 8.06. The summed E-state index contributed by atoms with van der Waals surface area (Å²) in [6.45, 7) is 4.50. The van der Waals surface area contributed by atoms with E-state index in [1.807, 2.05) is 47.4 Å². The minimum absolute atomic E-state index is 0.0244. The summed E-state index contributed by atoms with van der Waals surface area (Å²) in [5.74, 6) is 0.168. The predicted molar refractivity (Wildman–Crippen MR) is 113 cm³/mol. The van der Waals surface area contributed by atoms with E-state index in [4.69, 9.17) is 0 Å². The Kier molecular flexibility index (Phi) is 6.25. The molecule has 2 aromatic rings. The molecule has 1 N–H and O–H groups in total. The molecule has 2 aliphatic heterocycles. The van der Waals surface area contributed by atoms with Crippen molar-refractivity contribution in [3.63, 3.8) is 0 Å². The highest BCUT2D eigenvalue weighted by Crippen LogP contribution is 2.19. The van der Waals surface area contributed by atoms with Gasteiger partial charge in [0.1, 0.15) is 0 Å². The van der Waals surface area contributed by atoms with Crippen LogP contribution in [0.1, 0.15) is 53.2 Å². The van der Waals surface area contributed by atoms with Gasteiger partial charge in [0.05, 0.1) is 6.04 Å². The van der Waals surface area contributed by atoms with Gasteiger partial charge in [0.2, 0.25) is 5.91 Å². The average molecular weight is 392 g/mol. The first kappa shape index (κ1) is 19.6. The zero-order chi connectivity index (χ0) is 20.1. The van der Waals surface area contributed by atoms with E-state index in [1.54, 1.807) is 0 Å². The van der Waals surface area contributed by atoms with E-state index >= 15 is 0 Å². The molecule has 1 unspecified atom stereocenters. The molecule has 2 amide bonds. The number of rotatable bonds is 7. The van der Waals surface area contributed by atoms with Crippen molar-refractivity contribution in [3.05, 3.63) is 71.3 Å². The molecule has 0 radical (unpaired) electrons. The van der Waals surface area contributed by atoms with Crippen LogP contribution in [-0.4, -0.2) is 47.8 Å². The maximum absolute atomic E-state index is 12.9. The molecule has 0 spiro atoms. The van der Waals surface area contributed by atoms with Crippen LogP contribution in [0.25, 0.3) is 0 Å². The molecule has 152 valence electrons. The average Bonchev–Trinajstić information content (AvgIpc) is 3.41. The van der Waals surface area contributed by atoms with Crippen LogP contribution in [0.5, 0.6) is 0 Å². The number of carbonyl (C=O) groups is 2. The zero-order valence-corrected chi connectivity index (χ0v) is 16.8. The van der Waals surface area contributed by atoms with E-state index in [-0.39, 0.29) is 17.9 Å². The number of amides is 2. The van der Waals surface area contributed by atoms with Gasteiger partial charge in [0.15, 0.2) is 0 Å². The van der Waals surface area contributed by atoms with Crippen LogP contribution >= 0.6 is 0 Å². The first-order valence-corrected chi connectivity index (χ1v) is 10.6. The number of carbonyl (C=O) groups excluding carboxylic acids is 2. The molecule has 0 bridgehead atoms. The van der Waals surface area contributed by atoms with E-state index in [1.165, 1.54) is 12.8 Å². The molecular weight excluding hydrogens is 362 g/mol. The minimum Gasteiger partial charge on any atom is -0.344 e. The Bertz CT molecular complexity index is 829. The van der Waals surface area contributed by atoms with Crippen LogP contribution < -0.4 is 5.32 Å². The van der Waals surface area contributed by atoms with Gasteiger partial charge in [-0.25, -0.2) is 0 Å². The van der Waals surface area contributed by atoms with Gasteiger partial charge in [-0.1, -0.05) is 42.5 Å². The van der Waals surface area contributed by atoms with Gasteiger partial charge in [-0.3, -0.25) is 9.59 Å². The number of nitrogens with zero attached hydrogens (tertiary/aromatic N) is 2. The largest absolute Gasteiger partial charge is 0.344 e. The van der Waals surface area contributed by atoms with Gasteiger partial charge in [-0.05, 0) is 55.6 Å². The molecule has 4 rings (SSSR count). The lowest BCUT2D eigenvalue weighted by atomic mass is 10.0. The minimum atomic E-state index is -0.0538. The van der Waals surface area contributed by atoms with Gasteiger partial charge in [-0.2, -0.15) is 0 Å². The third-order valence-electron chi connectivity index (χ3n) is 5.91. The molecule has 1 atom stereocenters. The zero-order valence-electron chi connectivity index (χ0n) is 16.8. The second-order valence-corrected chi connectivity index (χ2v) is 8.06. The van der Waals surface area contributed by atoms with Gasteiger partial charge in [0, 0.05) is 31.6 Å². The number of nitrogens with one attached hydrogen (secondary N) is 1. The van der Waals surface area contributed by atoms with Crippen molar-refractivity contribution in [2.24, 2.45) is 0 Å². The summed E-state index contributed by atoms with van der Waals surface area (Å²) in [6.07, 6.45) is 4.06. The predicted octanol–water partition coefficient (Wildman–Crippen LogP) is 3.38. The van der Waals surface area contributed by atoms with Crippen molar-refractivity contribution in [2.45, 2.75) is 38.3 Å². The molecule has 2 saturated heterocycles. The molecule has 0 aliphatic carbocycles. The Hall–Kier alpha value is -2.66. The summed E-state index contributed by atoms with van der Waals surface area (Å²) in [6, 6.07) is 17.8. The van der Waals surface area contributed by atoms with Gasteiger partial charge in [0.25, 0.3) is 5.91 Å². The van der Waals surface area contributed by atoms with Gasteiger partial charge < -0.3 is 15.1 Å². The fourth-order valence-corrected chi connectivity index (χ4v) is 4.24. The standard InChI is InChI=1S/C24H29N3O2/c28-23-9-6-16-27(23)17-19-10-12-21(13-11-19)24(29)25-22(18-26-14-4-5-15-26)20-7-2-1-3-8-20/h1-3,7-8,10-13,22H,4-6,9,14-18H2,(H,25,29). The normalized spacial score (nSPS) is 18.2. The number of benzene rings is 2. The quantitative estimate of drug-likeness (QED) is 0.787. The Morgan fingerprint density at radius 2 is 1.66 bits per heavy atom. The smallest absolute Gasteiger partial charge is 0.251 e. The van der Waals surface area contributed by atoms with Crippen molar-refractivity contribution >= 4 is 11.8 Å².